The van der Waals surface area contributed by atoms with Gasteiger partial charge in [-0.05, 0) is 11.1 Å². The van der Waals surface area contributed by atoms with Crippen molar-refractivity contribution >= 4 is 21.6 Å². The first-order chi connectivity index (χ1) is 7.45. The highest BCUT2D eigenvalue weighted by Gasteiger charge is 2.25. The van der Waals surface area contributed by atoms with Gasteiger partial charge in [-0.1, -0.05) is 72.4 Å². The van der Waals surface area contributed by atoms with Crippen molar-refractivity contribution < 1.29 is 0 Å². The zero-order chi connectivity index (χ0) is 10.1. The Hall–Kier alpha value is -1.47. The molecule has 2 aromatic carbocycles. The molecular formula is C14H10S. The molecule has 72 valence electrons. The topological polar surface area (TPSA) is 0 Å². The van der Waals surface area contributed by atoms with Crippen LogP contribution < -0.4 is 0 Å². The van der Waals surface area contributed by atoms with Crippen LogP contribution in [-0.2, 0) is 0 Å². The molecule has 0 N–H and O–H groups in total. The quantitative estimate of drug-likeness (QED) is 0.713. The molecule has 0 atom stereocenters. The lowest BCUT2D eigenvalue weighted by Gasteiger charge is -1.90. The van der Waals surface area contributed by atoms with Gasteiger partial charge in [-0.2, -0.15) is 0 Å². The number of benzene rings is 2. The summed E-state index contributed by atoms with van der Waals surface area (Å²) in [5, 5.41) is 0. The zero-order valence-corrected chi connectivity index (χ0v) is 9.00. The highest BCUT2D eigenvalue weighted by Crippen LogP contribution is 2.58. The lowest BCUT2D eigenvalue weighted by atomic mass is 10.1. The first kappa shape index (κ1) is 8.81. The van der Waals surface area contributed by atoms with E-state index in [9.17, 15) is 0 Å². The summed E-state index contributed by atoms with van der Waals surface area (Å²) in [6, 6.07) is 21.1. The largest absolute Gasteiger partial charge is 0.0864 e. The normalized spacial score (nSPS) is 14.1. The molecule has 1 heterocycles. The Bertz CT molecular complexity index is 450. The molecule has 3 rings (SSSR count). The highest BCUT2D eigenvalue weighted by atomic mass is 32.2. The molecule has 1 aliphatic rings. The second-order valence-corrected chi connectivity index (χ2v) is 4.51. The Kier molecular flexibility index (Phi) is 2.11. The third-order valence-corrected chi connectivity index (χ3v) is 3.52. The standard InChI is InChI=1S/C14H10S/c1-3-7-11(8-4-1)13-14(15-13)12-9-5-2-6-10-12/h1-10H. The fraction of sp³-hybridized carbons (Fsp3) is 0. The number of thioether (sulfide) groups is 1. The van der Waals surface area contributed by atoms with Crippen molar-refractivity contribution in [3.8, 4) is 0 Å². The molecule has 1 heteroatoms. The van der Waals surface area contributed by atoms with Crippen molar-refractivity contribution in [1.29, 1.82) is 0 Å². The van der Waals surface area contributed by atoms with Crippen LogP contribution in [-0.4, -0.2) is 0 Å². The van der Waals surface area contributed by atoms with Crippen LogP contribution in [0.1, 0.15) is 11.1 Å². The lowest BCUT2D eigenvalue weighted by Crippen LogP contribution is -1.70. The van der Waals surface area contributed by atoms with Gasteiger partial charge in [0.05, 0.1) is 0 Å². The summed E-state index contributed by atoms with van der Waals surface area (Å²) in [7, 11) is 0. The van der Waals surface area contributed by atoms with Gasteiger partial charge in [-0.3, -0.25) is 0 Å². The minimum atomic E-state index is 1.33. The number of hydrogen-bond donors (Lipinski definition) is 0. The first-order valence-corrected chi connectivity index (χ1v) is 5.80. The van der Waals surface area contributed by atoms with Gasteiger partial charge in [0.2, 0.25) is 0 Å². The van der Waals surface area contributed by atoms with Crippen molar-refractivity contribution in [3.63, 3.8) is 0 Å². The molecule has 0 radical (unpaired) electrons. The Morgan fingerprint density at radius 1 is 0.533 bits per heavy atom. The SMILES string of the molecule is c1ccc(C2=C(c3ccccc3)S2)cc1. The van der Waals surface area contributed by atoms with E-state index in [4.69, 9.17) is 0 Å². The number of hydrogen-bond acceptors (Lipinski definition) is 1. The molecule has 0 unspecified atom stereocenters. The van der Waals surface area contributed by atoms with E-state index in [-0.39, 0.29) is 0 Å². The van der Waals surface area contributed by atoms with Crippen molar-refractivity contribution in [3.05, 3.63) is 71.8 Å². The summed E-state index contributed by atoms with van der Waals surface area (Å²) in [5.74, 6) is 0. The lowest BCUT2D eigenvalue weighted by molar-refractivity contribution is 1.65. The van der Waals surface area contributed by atoms with Crippen LogP contribution in [0, 0.1) is 0 Å². The monoisotopic (exact) mass is 210 g/mol. The summed E-state index contributed by atoms with van der Waals surface area (Å²) in [6.07, 6.45) is 0. The van der Waals surface area contributed by atoms with Crippen LogP contribution in [0.2, 0.25) is 0 Å². The average molecular weight is 210 g/mol. The molecule has 0 aliphatic carbocycles. The molecule has 15 heavy (non-hydrogen) atoms. The smallest absolute Gasteiger partial charge is 0.0341 e. The van der Waals surface area contributed by atoms with Crippen LogP contribution in [0.4, 0.5) is 0 Å². The van der Waals surface area contributed by atoms with Gasteiger partial charge in [-0.15, -0.1) is 0 Å². The maximum Gasteiger partial charge on any atom is 0.0341 e. The molecule has 0 amide bonds. The molecule has 0 fully saturated rings. The summed E-state index contributed by atoms with van der Waals surface area (Å²) < 4.78 is 0. The van der Waals surface area contributed by atoms with Gasteiger partial charge in [0.15, 0.2) is 0 Å². The highest BCUT2D eigenvalue weighted by molar-refractivity contribution is 8.25. The maximum atomic E-state index is 2.16. The van der Waals surface area contributed by atoms with Crippen LogP contribution in [0.5, 0.6) is 0 Å². The summed E-state index contributed by atoms with van der Waals surface area (Å²) in [5.41, 5.74) is 2.67. The van der Waals surface area contributed by atoms with Crippen LogP contribution in [0.25, 0.3) is 9.81 Å². The molecule has 0 spiro atoms. The van der Waals surface area contributed by atoms with Crippen LogP contribution >= 0.6 is 11.8 Å². The zero-order valence-electron chi connectivity index (χ0n) is 8.18. The van der Waals surface area contributed by atoms with Gasteiger partial charge < -0.3 is 0 Å². The molecule has 0 saturated carbocycles. The average Bonchev–Trinajstić information content (AvgIpc) is 3.11. The van der Waals surface area contributed by atoms with Crippen molar-refractivity contribution in [2.75, 3.05) is 0 Å². The first-order valence-electron chi connectivity index (χ1n) is 4.98. The summed E-state index contributed by atoms with van der Waals surface area (Å²) in [6.45, 7) is 0. The molecule has 0 saturated heterocycles. The van der Waals surface area contributed by atoms with Gasteiger partial charge in [-0.25, -0.2) is 0 Å². The molecular weight excluding hydrogens is 200 g/mol. The predicted octanol–water partition coefficient (Wildman–Crippen LogP) is 4.26. The molecule has 2 aromatic rings. The third kappa shape index (κ3) is 1.71. The van der Waals surface area contributed by atoms with Gasteiger partial charge in [0, 0.05) is 9.81 Å². The third-order valence-electron chi connectivity index (χ3n) is 2.44. The molecule has 0 nitrogen and oxygen atoms in total. The van der Waals surface area contributed by atoms with E-state index in [1.54, 1.807) is 0 Å². The van der Waals surface area contributed by atoms with E-state index in [1.165, 1.54) is 20.9 Å². The van der Waals surface area contributed by atoms with Gasteiger partial charge in [0.25, 0.3) is 0 Å². The second-order valence-electron chi connectivity index (χ2n) is 3.49. The van der Waals surface area contributed by atoms with Gasteiger partial charge >= 0.3 is 0 Å². The van der Waals surface area contributed by atoms with E-state index in [1.807, 2.05) is 11.8 Å². The predicted molar refractivity (Wildman–Crippen MR) is 67.3 cm³/mol. The van der Waals surface area contributed by atoms with Crippen LogP contribution in [0.15, 0.2) is 60.7 Å². The minimum absolute atomic E-state index is 1.33. The number of rotatable bonds is 2. The van der Waals surface area contributed by atoms with Crippen molar-refractivity contribution in [2.45, 2.75) is 0 Å². The molecule has 0 bridgehead atoms. The minimum Gasteiger partial charge on any atom is -0.0864 e. The Balaban J connectivity index is 1.97. The second kappa shape index (κ2) is 3.59. The fourth-order valence-corrected chi connectivity index (χ4v) is 2.53. The van der Waals surface area contributed by atoms with E-state index < -0.39 is 0 Å². The molecule has 1 aliphatic heterocycles. The Morgan fingerprint density at radius 3 is 1.33 bits per heavy atom. The Labute approximate surface area is 93.6 Å². The fourth-order valence-electron chi connectivity index (χ4n) is 1.64. The van der Waals surface area contributed by atoms with Crippen molar-refractivity contribution in [2.24, 2.45) is 0 Å². The summed E-state index contributed by atoms with van der Waals surface area (Å²) >= 11 is 1.88. The van der Waals surface area contributed by atoms with Crippen molar-refractivity contribution in [1.82, 2.24) is 0 Å². The Morgan fingerprint density at radius 2 is 0.933 bits per heavy atom. The van der Waals surface area contributed by atoms with Gasteiger partial charge in [0.1, 0.15) is 0 Å². The van der Waals surface area contributed by atoms with E-state index in [0.29, 0.717) is 0 Å². The van der Waals surface area contributed by atoms with Crippen LogP contribution in [0.3, 0.4) is 0 Å². The molecule has 0 aromatic heterocycles. The van der Waals surface area contributed by atoms with E-state index in [0.717, 1.165) is 0 Å². The van der Waals surface area contributed by atoms with E-state index in [2.05, 4.69) is 60.7 Å². The maximum absolute atomic E-state index is 2.16. The summed E-state index contributed by atoms with van der Waals surface area (Å²) in [4.78, 5) is 2.84. The van der Waals surface area contributed by atoms with E-state index >= 15 is 0 Å².